The molecule has 0 saturated carbocycles. The van der Waals surface area contributed by atoms with Crippen LogP contribution in [0.5, 0.6) is 0 Å². The first-order valence-corrected chi connectivity index (χ1v) is 6.87. The fourth-order valence-corrected chi connectivity index (χ4v) is 2.22. The predicted molar refractivity (Wildman–Crippen MR) is 75.8 cm³/mol. The highest BCUT2D eigenvalue weighted by molar-refractivity contribution is 5.24. The van der Waals surface area contributed by atoms with Gasteiger partial charge in [-0.2, -0.15) is 0 Å². The van der Waals surface area contributed by atoms with Crippen LogP contribution in [0.3, 0.4) is 0 Å². The molecule has 0 aliphatic rings. The molecular weight excluding hydrogens is 224 g/mol. The summed E-state index contributed by atoms with van der Waals surface area (Å²) in [5.74, 6) is 0.956. The number of nitrogens with two attached hydrogens (primary N) is 1. The minimum atomic E-state index is 0.657. The minimum absolute atomic E-state index is 0.657. The van der Waals surface area contributed by atoms with Gasteiger partial charge in [0.2, 0.25) is 0 Å². The van der Waals surface area contributed by atoms with E-state index >= 15 is 0 Å². The Morgan fingerprint density at radius 1 is 1.00 bits per heavy atom. The summed E-state index contributed by atoms with van der Waals surface area (Å²) >= 11 is 0. The van der Waals surface area contributed by atoms with Crippen molar-refractivity contribution in [3.63, 3.8) is 0 Å². The van der Waals surface area contributed by atoms with Gasteiger partial charge in [0.1, 0.15) is 5.82 Å². The van der Waals surface area contributed by atoms with Crippen molar-refractivity contribution >= 4 is 0 Å². The molecule has 1 aromatic heterocycles. The van der Waals surface area contributed by atoms with Crippen molar-refractivity contribution < 1.29 is 0 Å². The lowest BCUT2D eigenvalue weighted by Gasteiger charge is -2.17. The first-order valence-electron chi connectivity index (χ1n) is 6.87. The average Bonchev–Trinajstić information content (AvgIpc) is 2.35. The molecule has 0 atom stereocenters. The van der Waals surface area contributed by atoms with Crippen LogP contribution in [0.4, 0.5) is 0 Å². The van der Waals surface area contributed by atoms with Gasteiger partial charge in [-0.15, -0.1) is 0 Å². The van der Waals surface area contributed by atoms with Crippen LogP contribution < -0.4 is 5.73 Å². The molecule has 1 heterocycles. The molecule has 2 N–H and O–H groups in total. The molecule has 0 aromatic carbocycles. The van der Waals surface area contributed by atoms with Crippen LogP contribution in [0.25, 0.3) is 0 Å². The third-order valence-electron chi connectivity index (χ3n) is 3.41. The van der Waals surface area contributed by atoms with Gasteiger partial charge in [0, 0.05) is 24.4 Å². The van der Waals surface area contributed by atoms with E-state index < -0.39 is 0 Å². The van der Waals surface area contributed by atoms with Gasteiger partial charge >= 0.3 is 0 Å². The molecule has 4 heteroatoms. The summed E-state index contributed by atoms with van der Waals surface area (Å²) in [6, 6.07) is 0. The molecule has 0 spiro atoms. The summed E-state index contributed by atoms with van der Waals surface area (Å²) in [4.78, 5) is 11.6. The molecule has 0 radical (unpaired) electrons. The number of hydrogen-bond acceptors (Lipinski definition) is 4. The van der Waals surface area contributed by atoms with Crippen LogP contribution in [0.2, 0.25) is 0 Å². The van der Waals surface area contributed by atoms with Crippen molar-refractivity contribution in [2.24, 2.45) is 5.73 Å². The van der Waals surface area contributed by atoms with Gasteiger partial charge in [-0.25, -0.2) is 9.97 Å². The van der Waals surface area contributed by atoms with E-state index in [9.17, 15) is 0 Å². The standard InChI is InChI=1S/C14H26N4/c1-5-18(6-2)10-8-14-16-11(3)13(7-9-15)12(4)17-14/h5-10,15H2,1-4H3. The molecule has 0 unspecified atom stereocenters. The SMILES string of the molecule is CCN(CC)CCc1nc(C)c(CCN)c(C)n1. The number of rotatable bonds is 7. The fraction of sp³-hybridized carbons (Fsp3) is 0.714. The van der Waals surface area contributed by atoms with Crippen LogP contribution in [-0.2, 0) is 12.8 Å². The van der Waals surface area contributed by atoms with Crippen molar-refractivity contribution in [1.82, 2.24) is 14.9 Å². The van der Waals surface area contributed by atoms with Gasteiger partial charge in [-0.3, -0.25) is 0 Å². The molecule has 0 aliphatic carbocycles. The summed E-state index contributed by atoms with van der Waals surface area (Å²) in [5, 5.41) is 0. The summed E-state index contributed by atoms with van der Waals surface area (Å²) in [6.07, 6.45) is 1.79. The zero-order valence-corrected chi connectivity index (χ0v) is 12.2. The molecular formula is C14H26N4. The van der Waals surface area contributed by atoms with E-state index in [1.807, 2.05) is 0 Å². The smallest absolute Gasteiger partial charge is 0.130 e. The highest BCUT2D eigenvalue weighted by Gasteiger charge is 2.08. The Morgan fingerprint density at radius 2 is 1.56 bits per heavy atom. The third-order valence-corrected chi connectivity index (χ3v) is 3.41. The predicted octanol–water partition coefficient (Wildman–Crippen LogP) is 1.48. The normalized spacial score (nSPS) is 11.2. The summed E-state index contributed by atoms with van der Waals surface area (Å²) in [5.41, 5.74) is 8.99. The van der Waals surface area contributed by atoms with Crippen LogP contribution in [0.1, 0.15) is 36.6 Å². The second-order valence-corrected chi connectivity index (χ2v) is 4.60. The molecule has 0 fully saturated rings. The van der Waals surface area contributed by atoms with Crippen LogP contribution >= 0.6 is 0 Å². The highest BCUT2D eigenvalue weighted by atomic mass is 15.1. The van der Waals surface area contributed by atoms with E-state index in [2.05, 4.69) is 42.6 Å². The molecule has 102 valence electrons. The maximum Gasteiger partial charge on any atom is 0.130 e. The number of aromatic nitrogens is 2. The van der Waals surface area contributed by atoms with Gasteiger partial charge in [0.15, 0.2) is 0 Å². The zero-order chi connectivity index (χ0) is 13.5. The lowest BCUT2D eigenvalue weighted by Crippen LogP contribution is -2.26. The topological polar surface area (TPSA) is 55.0 Å². The molecule has 4 nitrogen and oxygen atoms in total. The number of nitrogens with zero attached hydrogens (tertiary/aromatic N) is 3. The van der Waals surface area contributed by atoms with Crippen LogP contribution in [-0.4, -0.2) is 41.0 Å². The second-order valence-electron chi connectivity index (χ2n) is 4.60. The highest BCUT2D eigenvalue weighted by Crippen LogP contribution is 2.11. The number of hydrogen-bond donors (Lipinski definition) is 1. The number of aryl methyl sites for hydroxylation is 2. The Kier molecular flexibility index (Phi) is 6.22. The molecule has 1 aromatic rings. The van der Waals surface area contributed by atoms with Gasteiger partial charge in [0.05, 0.1) is 0 Å². The van der Waals surface area contributed by atoms with E-state index in [4.69, 9.17) is 5.73 Å². The average molecular weight is 250 g/mol. The molecule has 0 aliphatic heterocycles. The Bertz CT molecular complexity index is 349. The summed E-state index contributed by atoms with van der Waals surface area (Å²) < 4.78 is 0. The Labute approximate surface area is 111 Å². The van der Waals surface area contributed by atoms with E-state index in [-0.39, 0.29) is 0 Å². The first-order chi connectivity index (χ1) is 8.62. The van der Waals surface area contributed by atoms with Crippen molar-refractivity contribution in [3.8, 4) is 0 Å². The third kappa shape index (κ3) is 4.03. The lowest BCUT2D eigenvalue weighted by molar-refractivity contribution is 0.305. The van der Waals surface area contributed by atoms with Crippen LogP contribution in [0, 0.1) is 13.8 Å². The fourth-order valence-electron chi connectivity index (χ4n) is 2.22. The summed E-state index contributed by atoms with van der Waals surface area (Å²) in [7, 11) is 0. The van der Waals surface area contributed by atoms with Crippen molar-refractivity contribution in [2.45, 2.75) is 40.5 Å². The monoisotopic (exact) mass is 250 g/mol. The molecule has 1 rings (SSSR count). The Hall–Kier alpha value is -1.00. The van der Waals surface area contributed by atoms with E-state index in [0.29, 0.717) is 6.54 Å². The summed E-state index contributed by atoms with van der Waals surface area (Å²) in [6.45, 7) is 12.3. The maximum atomic E-state index is 5.61. The molecule has 0 amide bonds. The number of likely N-dealkylation sites (N-methyl/N-ethyl adjacent to an activating group) is 1. The van der Waals surface area contributed by atoms with Gasteiger partial charge in [-0.05, 0) is 45.5 Å². The molecule has 0 saturated heterocycles. The van der Waals surface area contributed by atoms with E-state index in [1.54, 1.807) is 0 Å². The quantitative estimate of drug-likeness (QED) is 0.796. The van der Waals surface area contributed by atoms with Crippen molar-refractivity contribution in [2.75, 3.05) is 26.2 Å². The van der Waals surface area contributed by atoms with E-state index in [0.717, 1.165) is 49.7 Å². The van der Waals surface area contributed by atoms with Crippen molar-refractivity contribution in [1.29, 1.82) is 0 Å². The van der Waals surface area contributed by atoms with Crippen LogP contribution in [0.15, 0.2) is 0 Å². The Balaban J connectivity index is 2.73. The van der Waals surface area contributed by atoms with Gasteiger partial charge < -0.3 is 10.6 Å². The van der Waals surface area contributed by atoms with Gasteiger partial charge in [-0.1, -0.05) is 13.8 Å². The minimum Gasteiger partial charge on any atom is -0.330 e. The molecule has 18 heavy (non-hydrogen) atoms. The van der Waals surface area contributed by atoms with Crippen molar-refractivity contribution in [3.05, 3.63) is 22.8 Å². The second kappa shape index (κ2) is 7.44. The van der Waals surface area contributed by atoms with E-state index in [1.165, 1.54) is 5.56 Å². The zero-order valence-electron chi connectivity index (χ0n) is 12.2. The Morgan fingerprint density at radius 3 is 2.00 bits per heavy atom. The lowest BCUT2D eigenvalue weighted by atomic mass is 10.1. The largest absolute Gasteiger partial charge is 0.330 e. The maximum absolute atomic E-state index is 5.61. The van der Waals surface area contributed by atoms with Gasteiger partial charge in [0.25, 0.3) is 0 Å². The molecule has 0 bridgehead atoms. The first kappa shape index (κ1) is 15.1.